The molecule has 0 aliphatic heterocycles. The van der Waals surface area contributed by atoms with Crippen LogP contribution in [0.1, 0.15) is 46.5 Å². The molecule has 1 heteroatoms. The number of Topliss-reactive ketones (excluding diaryl/α,β-unsaturated/α-hetero) is 1. The Morgan fingerprint density at radius 3 is 1.95 bits per heavy atom. The molecule has 4 aliphatic rings. The molecule has 2 aromatic rings. The lowest BCUT2D eigenvalue weighted by Gasteiger charge is -2.15. The number of carbonyl (C=O) groups is 1. The van der Waals surface area contributed by atoms with Gasteiger partial charge in [-0.05, 0) is 54.0 Å². The molecular formula is C20H22O. The molecule has 108 valence electrons. The van der Waals surface area contributed by atoms with E-state index >= 15 is 0 Å². The molecule has 0 saturated heterocycles. The van der Waals surface area contributed by atoms with E-state index in [1.807, 2.05) is 13.8 Å². The van der Waals surface area contributed by atoms with Crippen LogP contribution in [-0.4, -0.2) is 5.78 Å². The summed E-state index contributed by atoms with van der Waals surface area (Å²) >= 11 is 0. The molecule has 0 N–H and O–H groups in total. The summed E-state index contributed by atoms with van der Waals surface area (Å²) in [5.74, 6) is 0.336. The highest BCUT2D eigenvalue weighted by atomic mass is 16.1. The molecule has 4 aliphatic carbocycles. The highest BCUT2D eigenvalue weighted by Crippen LogP contribution is 2.21. The Hall–Kier alpha value is -1.89. The minimum absolute atomic E-state index is 0.0603. The van der Waals surface area contributed by atoms with Gasteiger partial charge in [-0.3, -0.25) is 4.79 Å². The van der Waals surface area contributed by atoms with Crippen molar-refractivity contribution in [2.24, 2.45) is 5.92 Å². The van der Waals surface area contributed by atoms with E-state index in [0.717, 1.165) is 31.2 Å². The normalized spacial score (nSPS) is 14.0. The van der Waals surface area contributed by atoms with Gasteiger partial charge >= 0.3 is 0 Å². The van der Waals surface area contributed by atoms with Crippen molar-refractivity contribution in [2.75, 3.05) is 0 Å². The third kappa shape index (κ3) is 3.07. The van der Waals surface area contributed by atoms with Crippen molar-refractivity contribution in [3.63, 3.8) is 0 Å². The summed E-state index contributed by atoms with van der Waals surface area (Å²) in [5.41, 5.74) is 6.14. The predicted octanol–water partition coefficient (Wildman–Crippen LogP) is 4.41. The first-order chi connectivity index (χ1) is 10.1. The molecule has 0 unspecified atom stereocenters. The van der Waals surface area contributed by atoms with E-state index in [4.69, 9.17) is 0 Å². The average Bonchev–Trinajstić information content (AvgIpc) is 2.49. The summed E-state index contributed by atoms with van der Waals surface area (Å²) in [7, 11) is 0. The number of hydrogen-bond acceptors (Lipinski definition) is 1. The zero-order valence-corrected chi connectivity index (χ0v) is 12.9. The minimum Gasteiger partial charge on any atom is -0.294 e. The predicted molar refractivity (Wildman–Crippen MR) is 86.9 cm³/mol. The third-order valence-electron chi connectivity index (χ3n) is 4.37. The van der Waals surface area contributed by atoms with Gasteiger partial charge in [-0.1, -0.05) is 50.2 Å². The summed E-state index contributed by atoms with van der Waals surface area (Å²) in [6.45, 7) is 3.97. The second-order valence-electron chi connectivity index (χ2n) is 6.33. The van der Waals surface area contributed by atoms with Gasteiger partial charge in [0.2, 0.25) is 0 Å². The van der Waals surface area contributed by atoms with Gasteiger partial charge in [-0.2, -0.15) is 0 Å². The van der Waals surface area contributed by atoms with Gasteiger partial charge in [0.1, 0.15) is 0 Å². The SMILES string of the molecule is CC(C)C(=O)c1cc2ccc1CCc1ccc(cc1)CC2. The molecule has 0 fully saturated rings. The number of carbonyl (C=O) groups excluding carboxylic acids is 1. The van der Waals surface area contributed by atoms with E-state index in [-0.39, 0.29) is 11.7 Å². The first-order valence-electron chi connectivity index (χ1n) is 7.87. The third-order valence-corrected chi connectivity index (χ3v) is 4.37. The molecule has 0 spiro atoms. The zero-order valence-electron chi connectivity index (χ0n) is 12.9. The zero-order chi connectivity index (χ0) is 14.8. The Kier molecular flexibility index (Phi) is 3.92. The molecule has 0 heterocycles. The quantitative estimate of drug-likeness (QED) is 0.744. The van der Waals surface area contributed by atoms with Crippen molar-refractivity contribution in [1.82, 2.24) is 0 Å². The highest BCUT2D eigenvalue weighted by molar-refractivity contribution is 5.99. The number of aryl methyl sites for hydroxylation is 4. The summed E-state index contributed by atoms with van der Waals surface area (Å²) < 4.78 is 0. The van der Waals surface area contributed by atoms with E-state index in [0.29, 0.717) is 0 Å². The van der Waals surface area contributed by atoms with Crippen LogP contribution in [0.4, 0.5) is 0 Å². The molecule has 2 aromatic carbocycles. The molecule has 1 nitrogen and oxygen atoms in total. The molecule has 0 radical (unpaired) electrons. The lowest BCUT2D eigenvalue weighted by Crippen LogP contribution is -2.12. The number of rotatable bonds is 2. The van der Waals surface area contributed by atoms with Crippen molar-refractivity contribution >= 4 is 5.78 Å². The van der Waals surface area contributed by atoms with Crippen LogP contribution >= 0.6 is 0 Å². The van der Waals surface area contributed by atoms with Gasteiger partial charge in [0.15, 0.2) is 5.78 Å². The molecule has 4 bridgehead atoms. The van der Waals surface area contributed by atoms with E-state index in [1.165, 1.54) is 22.3 Å². The second-order valence-corrected chi connectivity index (χ2v) is 6.33. The first-order valence-corrected chi connectivity index (χ1v) is 7.87. The molecule has 0 aromatic heterocycles. The standard InChI is InChI=1S/C20H22O/c1-14(2)20(21)19-13-17-8-7-15-3-5-16(6-4-15)9-11-18(19)12-10-17/h3-6,10,12-14H,7-9,11H2,1-2H3. The summed E-state index contributed by atoms with van der Waals surface area (Å²) in [6, 6.07) is 15.4. The Morgan fingerprint density at radius 2 is 1.33 bits per heavy atom. The van der Waals surface area contributed by atoms with Crippen LogP contribution in [0.3, 0.4) is 0 Å². The maximum absolute atomic E-state index is 12.5. The molecule has 0 saturated carbocycles. The molecule has 0 atom stereocenters. The van der Waals surface area contributed by atoms with Crippen LogP contribution < -0.4 is 0 Å². The van der Waals surface area contributed by atoms with Crippen molar-refractivity contribution in [3.05, 3.63) is 70.3 Å². The van der Waals surface area contributed by atoms with Crippen LogP contribution in [0.25, 0.3) is 0 Å². The van der Waals surface area contributed by atoms with Gasteiger partial charge in [-0.25, -0.2) is 0 Å². The highest BCUT2D eigenvalue weighted by Gasteiger charge is 2.16. The molecule has 21 heavy (non-hydrogen) atoms. The molecule has 6 rings (SSSR count). The fourth-order valence-electron chi connectivity index (χ4n) is 2.98. The Bertz CT molecular complexity index is 650. The van der Waals surface area contributed by atoms with E-state index in [1.54, 1.807) is 0 Å². The summed E-state index contributed by atoms with van der Waals surface area (Å²) in [4.78, 5) is 12.5. The Morgan fingerprint density at radius 1 is 0.810 bits per heavy atom. The summed E-state index contributed by atoms with van der Waals surface area (Å²) in [5, 5.41) is 0. The molecule has 0 amide bonds. The summed E-state index contributed by atoms with van der Waals surface area (Å²) in [6.07, 6.45) is 3.97. The Balaban J connectivity index is 2.01. The lowest BCUT2D eigenvalue weighted by atomic mass is 9.89. The average molecular weight is 278 g/mol. The van der Waals surface area contributed by atoms with Crippen LogP contribution in [-0.2, 0) is 25.7 Å². The van der Waals surface area contributed by atoms with Gasteiger partial charge in [0.25, 0.3) is 0 Å². The smallest absolute Gasteiger partial charge is 0.165 e. The largest absolute Gasteiger partial charge is 0.294 e. The number of ketones is 1. The van der Waals surface area contributed by atoms with Crippen LogP contribution in [0.15, 0.2) is 42.5 Å². The maximum Gasteiger partial charge on any atom is 0.165 e. The van der Waals surface area contributed by atoms with Crippen molar-refractivity contribution in [1.29, 1.82) is 0 Å². The number of hydrogen-bond donors (Lipinski definition) is 0. The second kappa shape index (κ2) is 5.85. The van der Waals surface area contributed by atoms with Gasteiger partial charge in [0, 0.05) is 11.5 Å². The minimum atomic E-state index is 0.0603. The van der Waals surface area contributed by atoms with E-state index < -0.39 is 0 Å². The van der Waals surface area contributed by atoms with Gasteiger partial charge in [-0.15, -0.1) is 0 Å². The molecular weight excluding hydrogens is 256 g/mol. The first kappa shape index (κ1) is 14.1. The monoisotopic (exact) mass is 278 g/mol. The topological polar surface area (TPSA) is 17.1 Å². The van der Waals surface area contributed by atoms with Crippen LogP contribution in [0.2, 0.25) is 0 Å². The lowest BCUT2D eigenvalue weighted by molar-refractivity contribution is 0.0938. The van der Waals surface area contributed by atoms with Crippen LogP contribution in [0, 0.1) is 5.92 Å². The maximum atomic E-state index is 12.5. The van der Waals surface area contributed by atoms with Crippen molar-refractivity contribution in [2.45, 2.75) is 39.5 Å². The van der Waals surface area contributed by atoms with Gasteiger partial charge < -0.3 is 0 Å². The van der Waals surface area contributed by atoms with E-state index in [2.05, 4.69) is 42.5 Å². The Labute approximate surface area is 127 Å². The van der Waals surface area contributed by atoms with Crippen molar-refractivity contribution in [3.8, 4) is 0 Å². The fraction of sp³-hybridized carbons (Fsp3) is 0.350. The fourth-order valence-corrected chi connectivity index (χ4v) is 2.98. The van der Waals surface area contributed by atoms with Crippen LogP contribution in [0.5, 0.6) is 0 Å². The number of benzene rings is 2. The van der Waals surface area contributed by atoms with E-state index in [9.17, 15) is 4.79 Å². The van der Waals surface area contributed by atoms with Crippen molar-refractivity contribution < 1.29 is 4.79 Å². The van der Waals surface area contributed by atoms with Gasteiger partial charge in [0.05, 0.1) is 0 Å².